The maximum absolute atomic E-state index is 13.4. The van der Waals surface area contributed by atoms with Crippen LogP contribution in [0.4, 0.5) is 26.3 Å². The highest BCUT2D eigenvalue weighted by Gasteiger charge is 2.39. The molecule has 0 heterocycles. The largest absolute Gasteiger partial charge is 0.496 e. The Morgan fingerprint density at radius 3 is 2.31 bits per heavy atom. The Bertz CT molecular complexity index is 1110. The number of hydrogen-bond donors (Lipinski definition) is 0. The van der Waals surface area contributed by atoms with Gasteiger partial charge in [-0.2, -0.15) is 26.3 Å². The highest BCUT2D eigenvalue weighted by atomic mass is 19.4. The van der Waals surface area contributed by atoms with E-state index < -0.39 is 52.6 Å². The van der Waals surface area contributed by atoms with Crippen LogP contribution in [0.3, 0.4) is 0 Å². The van der Waals surface area contributed by atoms with E-state index >= 15 is 0 Å². The molecule has 0 saturated heterocycles. The number of carbonyl (C=O) groups excluding carboxylic acids is 1. The fourth-order valence-electron chi connectivity index (χ4n) is 3.19. The van der Waals surface area contributed by atoms with Crippen molar-refractivity contribution in [3.63, 3.8) is 0 Å². The van der Waals surface area contributed by atoms with E-state index in [0.29, 0.717) is 23.9 Å². The molecule has 0 radical (unpaired) electrons. The van der Waals surface area contributed by atoms with Crippen LogP contribution in [-0.4, -0.2) is 24.6 Å². The lowest BCUT2D eigenvalue weighted by Gasteiger charge is -2.18. The molecular weight excluding hydrogens is 500 g/mol. The smallest absolute Gasteiger partial charge is 0.419 e. The summed E-state index contributed by atoms with van der Waals surface area (Å²) in [4.78, 5) is 21.9. The summed E-state index contributed by atoms with van der Waals surface area (Å²) >= 11 is 0. The zero-order valence-electron chi connectivity index (χ0n) is 19.0. The second-order valence-corrected chi connectivity index (χ2v) is 7.31. The third kappa shape index (κ3) is 7.89. The van der Waals surface area contributed by atoms with Gasteiger partial charge in [0.1, 0.15) is 18.1 Å². The van der Waals surface area contributed by atoms with Gasteiger partial charge in [-0.1, -0.05) is 12.1 Å². The number of halogens is 6. The average molecular weight is 521 g/mol. The van der Waals surface area contributed by atoms with Crippen LogP contribution in [0, 0.1) is 10.1 Å². The number of carbonyl (C=O) groups is 1. The molecule has 196 valence electrons. The Labute approximate surface area is 201 Å². The zero-order valence-corrected chi connectivity index (χ0v) is 19.0. The molecule has 0 aromatic heterocycles. The molecule has 2 rings (SSSR count). The Morgan fingerprint density at radius 1 is 1.06 bits per heavy atom. The predicted molar refractivity (Wildman–Crippen MR) is 114 cm³/mol. The first kappa shape index (κ1) is 28.5. The third-order valence-corrected chi connectivity index (χ3v) is 4.87. The molecule has 1 unspecified atom stereocenters. The van der Waals surface area contributed by atoms with Gasteiger partial charge < -0.3 is 14.2 Å². The summed E-state index contributed by atoms with van der Waals surface area (Å²) in [6, 6.07) is 5.33. The van der Waals surface area contributed by atoms with Crippen LogP contribution in [-0.2, 0) is 28.5 Å². The summed E-state index contributed by atoms with van der Waals surface area (Å²) in [5.74, 6) is -2.07. The van der Waals surface area contributed by atoms with E-state index in [1.54, 1.807) is 6.92 Å². The standard InChI is InChI=1S/C23H21F6NO6/c1-3-35-21(31)11-15(8-9-30(32)33)14-4-5-16(20(10-14)34-2)13-36-19-7-6-17(22(24,25)26)12-18(19)23(27,28)29/h4-10,12,15H,3,11,13H2,1-2H3/b9-8+. The number of methoxy groups -OCH3 is 1. The fourth-order valence-corrected chi connectivity index (χ4v) is 3.19. The van der Waals surface area contributed by atoms with Crippen molar-refractivity contribution in [3.8, 4) is 11.5 Å². The second-order valence-electron chi connectivity index (χ2n) is 7.31. The molecule has 7 nitrogen and oxygen atoms in total. The number of nitrogens with zero attached hydrogens (tertiary/aromatic N) is 1. The van der Waals surface area contributed by atoms with E-state index in [2.05, 4.69) is 0 Å². The normalized spacial score (nSPS) is 12.9. The van der Waals surface area contributed by atoms with Gasteiger partial charge in [-0.25, -0.2) is 0 Å². The number of hydrogen-bond acceptors (Lipinski definition) is 6. The van der Waals surface area contributed by atoms with E-state index in [9.17, 15) is 41.3 Å². The van der Waals surface area contributed by atoms with Gasteiger partial charge in [0, 0.05) is 11.5 Å². The van der Waals surface area contributed by atoms with Gasteiger partial charge in [0.05, 0.1) is 36.2 Å². The first-order valence-electron chi connectivity index (χ1n) is 10.3. The molecule has 0 aliphatic rings. The van der Waals surface area contributed by atoms with Gasteiger partial charge in [-0.05, 0) is 42.8 Å². The number of esters is 1. The maximum Gasteiger partial charge on any atom is 0.419 e. The fraction of sp³-hybridized carbons (Fsp3) is 0.348. The number of rotatable bonds is 10. The summed E-state index contributed by atoms with van der Waals surface area (Å²) in [7, 11) is 1.26. The molecule has 0 saturated carbocycles. The highest BCUT2D eigenvalue weighted by molar-refractivity contribution is 5.71. The molecule has 13 heteroatoms. The Kier molecular flexibility index (Phi) is 9.31. The molecule has 0 N–H and O–H groups in total. The average Bonchev–Trinajstić information content (AvgIpc) is 2.79. The number of nitro groups is 1. The van der Waals surface area contributed by atoms with Crippen molar-refractivity contribution in [1.82, 2.24) is 0 Å². The zero-order chi connectivity index (χ0) is 27.1. The van der Waals surface area contributed by atoms with Crippen molar-refractivity contribution >= 4 is 5.97 Å². The van der Waals surface area contributed by atoms with Crippen LogP contribution < -0.4 is 9.47 Å². The van der Waals surface area contributed by atoms with Crippen LogP contribution in [0.25, 0.3) is 0 Å². The molecular formula is C23H21F6NO6. The first-order valence-corrected chi connectivity index (χ1v) is 10.3. The van der Waals surface area contributed by atoms with Gasteiger partial charge in [-0.3, -0.25) is 14.9 Å². The SMILES string of the molecule is CCOC(=O)CC(/C=C/[N+](=O)[O-])c1ccc(COc2ccc(C(F)(F)F)cc2C(F)(F)F)c(OC)c1. The Balaban J connectivity index is 2.34. The van der Waals surface area contributed by atoms with Crippen LogP contribution in [0.2, 0.25) is 0 Å². The number of benzene rings is 2. The third-order valence-electron chi connectivity index (χ3n) is 4.87. The predicted octanol–water partition coefficient (Wildman–Crippen LogP) is 6.14. The molecule has 2 aromatic carbocycles. The summed E-state index contributed by atoms with van der Waals surface area (Å²) in [5.41, 5.74) is -2.42. The van der Waals surface area contributed by atoms with Crippen LogP contribution in [0.5, 0.6) is 11.5 Å². The van der Waals surface area contributed by atoms with Gasteiger partial charge >= 0.3 is 18.3 Å². The lowest BCUT2D eigenvalue weighted by Crippen LogP contribution is -2.13. The minimum Gasteiger partial charge on any atom is -0.496 e. The lowest BCUT2D eigenvalue weighted by molar-refractivity contribution is -0.402. The molecule has 0 fully saturated rings. The molecule has 0 spiro atoms. The Morgan fingerprint density at radius 2 is 1.75 bits per heavy atom. The van der Waals surface area contributed by atoms with Crippen LogP contribution in [0.1, 0.15) is 41.5 Å². The molecule has 0 bridgehead atoms. The molecule has 0 aliphatic carbocycles. The Hall–Kier alpha value is -3.77. The van der Waals surface area contributed by atoms with Crippen LogP contribution >= 0.6 is 0 Å². The van der Waals surface area contributed by atoms with Gasteiger partial charge in [0.15, 0.2) is 0 Å². The van der Waals surface area contributed by atoms with E-state index in [1.807, 2.05) is 0 Å². The molecule has 0 amide bonds. The van der Waals surface area contributed by atoms with Crippen molar-refractivity contribution in [2.75, 3.05) is 13.7 Å². The minimum absolute atomic E-state index is 0.0305. The monoisotopic (exact) mass is 521 g/mol. The van der Waals surface area contributed by atoms with E-state index in [-0.39, 0.29) is 30.4 Å². The minimum atomic E-state index is -5.10. The molecule has 36 heavy (non-hydrogen) atoms. The topological polar surface area (TPSA) is 87.9 Å². The second kappa shape index (κ2) is 11.8. The quantitative estimate of drug-likeness (QED) is 0.162. The number of allylic oxidation sites excluding steroid dienone is 1. The van der Waals surface area contributed by atoms with Gasteiger partial charge in [0.2, 0.25) is 6.20 Å². The summed E-state index contributed by atoms with van der Waals surface area (Å²) in [5, 5.41) is 10.7. The van der Waals surface area contributed by atoms with E-state index in [4.69, 9.17) is 14.2 Å². The number of alkyl halides is 6. The van der Waals surface area contributed by atoms with E-state index in [0.717, 1.165) is 0 Å². The maximum atomic E-state index is 13.4. The van der Waals surface area contributed by atoms with Crippen molar-refractivity contribution in [3.05, 3.63) is 81.0 Å². The van der Waals surface area contributed by atoms with Crippen molar-refractivity contribution in [2.45, 2.75) is 38.2 Å². The number of ether oxygens (including phenoxy) is 3. The van der Waals surface area contributed by atoms with Gasteiger partial charge in [-0.15, -0.1) is 0 Å². The van der Waals surface area contributed by atoms with Crippen molar-refractivity contribution < 1.29 is 50.3 Å². The summed E-state index contributed by atoms with van der Waals surface area (Å²) in [6.45, 7) is 1.21. The molecule has 0 aliphatic heterocycles. The van der Waals surface area contributed by atoms with Crippen molar-refractivity contribution in [2.24, 2.45) is 0 Å². The van der Waals surface area contributed by atoms with Crippen molar-refractivity contribution in [1.29, 1.82) is 0 Å². The summed E-state index contributed by atoms with van der Waals surface area (Å²) in [6.07, 6.45) is -8.45. The lowest BCUT2D eigenvalue weighted by atomic mass is 9.94. The van der Waals surface area contributed by atoms with Gasteiger partial charge in [0.25, 0.3) is 0 Å². The first-order chi connectivity index (χ1) is 16.8. The molecule has 1 atom stereocenters. The van der Waals surface area contributed by atoms with Crippen LogP contribution in [0.15, 0.2) is 48.7 Å². The van der Waals surface area contributed by atoms with E-state index in [1.165, 1.54) is 31.4 Å². The highest BCUT2D eigenvalue weighted by Crippen LogP contribution is 2.41. The molecule has 2 aromatic rings. The summed E-state index contributed by atoms with van der Waals surface area (Å²) < 4.78 is 94.0.